The van der Waals surface area contributed by atoms with Crippen LogP contribution in [-0.2, 0) is 6.54 Å². The summed E-state index contributed by atoms with van der Waals surface area (Å²) in [6.07, 6.45) is 0. The van der Waals surface area contributed by atoms with E-state index in [0.717, 1.165) is 13.1 Å². The first-order valence-corrected chi connectivity index (χ1v) is 6.73. The maximum Gasteiger partial charge on any atom is 0.0485 e. The lowest BCUT2D eigenvalue weighted by atomic mass is 10.1. The van der Waals surface area contributed by atoms with E-state index < -0.39 is 0 Å². The smallest absolute Gasteiger partial charge is 0.0485 e. The van der Waals surface area contributed by atoms with Crippen LogP contribution in [0.2, 0.25) is 0 Å². The van der Waals surface area contributed by atoms with Gasteiger partial charge in [-0.1, -0.05) is 26.0 Å². The van der Waals surface area contributed by atoms with Gasteiger partial charge in [-0.3, -0.25) is 0 Å². The number of rotatable bonds is 4. The van der Waals surface area contributed by atoms with E-state index in [4.69, 9.17) is 0 Å². The summed E-state index contributed by atoms with van der Waals surface area (Å²) in [5.41, 5.74) is 4.15. The number of hydrogen-bond acceptors (Lipinski definition) is 1. The summed E-state index contributed by atoms with van der Waals surface area (Å²) in [4.78, 5) is 2.24. The largest absolute Gasteiger partial charge is 0.343 e. The molecule has 2 nitrogen and oxygen atoms in total. The molecule has 0 aliphatic rings. The topological polar surface area (TPSA) is 8.17 Å². The lowest BCUT2D eigenvalue weighted by Gasteiger charge is -2.16. The predicted octanol–water partition coefficient (Wildman–Crippen LogP) is 3.63. The highest BCUT2D eigenvalue weighted by atomic mass is 15.1. The number of nitrogens with zero attached hydrogens (tertiary/aromatic N) is 2. The van der Waals surface area contributed by atoms with Gasteiger partial charge in [-0.25, -0.2) is 0 Å². The molecular weight excluding hydrogens is 220 g/mol. The Hall–Kier alpha value is -1.28. The number of fused-ring (bicyclic) bond motifs is 1. The molecule has 0 saturated carbocycles. The van der Waals surface area contributed by atoms with Crippen LogP contribution in [0.25, 0.3) is 10.9 Å². The van der Waals surface area contributed by atoms with Gasteiger partial charge in [-0.05, 0) is 50.0 Å². The average Bonchev–Trinajstić information content (AvgIpc) is 2.64. The number of likely N-dealkylation sites (N-methyl/N-ethyl adjacent to an activating group) is 1. The normalized spacial score (nSPS) is 11.9. The van der Waals surface area contributed by atoms with Crippen molar-refractivity contribution in [2.75, 3.05) is 20.6 Å². The fraction of sp³-hybridized carbons (Fsp3) is 0.500. The second-order valence-electron chi connectivity index (χ2n) is 5.74. The molecule has 98 valence electrons. The van der Waals surface area contributed by atoms with E-state index in [2.05, 4.69) is 68.6 Å². The molecule has 0 amide bonds. The molecule has 0 fully saturated rings. The summed E-state index contributed by atoms with van der Waals surface area (Å²) >= 11 is 0. The van der Waals surface area contributed by atoms with Crippen LogP contribution in [0.1, 0.15) is 31.0 Å². The maximum absolute atomic E-state index is 2.48. The Bertz CT molecular complexity index is 535. The molecule has 0 N–H and O–H groups in total. The van der Waals surface area contributed by atoms with Gasteiger partial charge in [0.25, 0.3) is 0 Å². The molecule has 0 atom stereocenters. The zero-order valence-corrected chi connectivity index (χ0v) is 12.2. The maximum atomic E-state index is 2.48. The minimum atomic E-state index is 0.569. The third kappa shape index (κ3) is 2.59. The van der Waals surface area contributed by atoms with Crippen molar-refractivity contribution < 1.29 is 0 Å². The summed E-state index contributed by atoms with van der Waals surface area (Å²) in [6.45, 7) is 8.85. The molecule has 1 heterocycles. The van der Waals surface area contributed by atoms with Crippen LogP contribution in [-0.4, -0.2) is 30.1 Å². The zero-order valence-electron chi connectivity index (χ0n) is 12.2. The SMILES string of the molecule is Cc1ccc2cc(C(C)C)n(CCN(C)C)c2c1. The number of hydrogen-bond donors (Lipinski definition) is 0. The molecule has 0 aliphatic carbocycles. The zero-order chi connectivity index (χ0) is 13.3. The fourth-order valence-electron chi connectivity index (χ4n) is 2.41. The molecule has 18 heavy (non-hydrogen) atoms. The van der Waals surface area contributed by atoms with Crippen LogP contribution in [0, 0.1) is 6.92 Å². The quantitative estimate of drug-likeness (QED) is 0.797. The van der Waals surface area contributed by atoms with Crippen molar-refractivity contribution in [2.24, 2.45) is 0 Å². The number of aryl methyl sites for hydroxylation is 1. The van der Waals surface area contributed by atoms with Crippen LogP contribution in [0.3, 0.4) is 0 Å². The molecular formula is C16H24N2. The van der Waals surface area contributed by atoms with E-state index in [0.29, 0.717) is 5.92 Å². The van der Waals surface area contributed by atoms with Crippen molar-refractivity contribution in [1.29, 1.82) is 0 Å². The third-order valence-corrected chi connectivity index (χ3v) is 3.45. The minimum absolute atomic E-state index is 0.569. The van der Waals surface area contributed by atoms with Crippen LogP contribution < -0.4 is 0 Å². The Labute approximate surface area is 110 Å². The second-order valence-corrected chi connectivity index (χ2v) is 5.74. The molecule has 0 aliphatic heterocycles. The molecule has 0 unspecified atom stereocenters. The minimum Gasteiger partial charge on any atom is -0.343 e. The monoisotopic (exact) mass is 244 g/mol. The van der Waals surface area contributed by atoms with Gasteiger partial charge in [0.2, 0.25) is 0 Å². The van der Waals surface area contributed by atoms with Crippen LogP contribution in [0.5, 0.6) is 0 Å². The summed E-state index contributed by atoms with van der Waals surface area (Å²) in [7, 11) is 4.26. The Morgan fingerprint density at radius 3 is 2.50 bits per heavy atom. The Kier molecular flexibility index (Phi) is 3.76. The van der Waals surface area contributed by atoms with Crippen molar-refractivity contribution in [3.63, 3.8) is 0 Å². The lowest BCUT2D eigenvalue weighted by Crippen LogP contribution is -2.19. The van der Waals surface area contributed by atoms with Crippen molar-refractivity contribution in [3.8, 4) is 0 Å². The van der Waals surface area contributed by atoms with Crippen LogP contribution in [0.4, 0.5) is 0 Å². The van der Waals surface area contributed by atoms with Crippen molar-refractivity contribution in [3.05, 3.63) is 35.5 Å². The average molecular weight is 244 g/mol. The van der Waals surface area contributed by atoms with E-state index in [1.165, 1.54) is 22.2 Å². The van der Waals surface area contributed by atoms with Crippen LogP contribution in [0.15, 0.2) is 24.3 Å². The standard InChI is InChI=1S/C16H24N2/c1-12(2)15-11-14-7-6-13(3)10-16(14)18(15)9-8-17(4)5/h6-7,10-12H,8-9H2,1-5H3. The fourth-order valence-corrected chi connectivity index (χ4v) is 2.41. The van der Waals surface area contributed by atoms with Gasteiger partial charge in [0.1, 0.15) is 0 Å². The first kappa shape index (κ1) is 13.2. The first-order chi connectivity index (χ1) is 8.49. The predicted molar refractivity (Wildman–Crippen MR) is 79.3 cm³/mol. The van der Waals surface area contributed by atoms with Crippen molar-refractivity contribution in [2.45, 2.75) is 33.2 Å². The van der Waals surface area contributed by atoms with Crippen molar-refractivity contribution in [1.82, 2.24) is 9.47 Å². The summed E-state index contributed by atoms with van der Waals surface area (Å²) in [5, 5.41) is 1.36. The van der Waals surface area contributed by atoms with Gasteiger partial charge in [0, 0.05) is 24.3 Å². The molecule has 2 heteroatoms. The second kappa shape index (κ2) is 5.15. The van der Waals surface area contributed by atoms with Gasteiger partial charge < -0.3 is 9.47 Å². The van der Waals surface area contributed by atoms with E-state index >= 15 is 0 Å². The first-order valence-electron chi connectivity index (χ1n) is 6.73. The molecule has 0 bridgehead atoms. The van der Waals surface area contributed by atoms with E-state index in [-0.39, 0.29) is 0 Å². The van der Waals surface area contributed by atoms with E-state index in [9.17, 15) is 0 Å². The molecule has 2 aromatic rings. The van der Waals surface area contributed by atoms with E-state index in [1.807, 2.05) is 0 Å². The Balaban J connectivity index is 2.50. The molecule has 1 aromatic carbocycles. The van der Waals surface area contributed by atoms with Gasteiger partial charge in [-0.2, -0.15) is 0 Å². The summed E-state index contributed by atoms with van der Waals surface area (Å²) in [5.74, 6) is 0.569. The van der Waals surface area contributed by atoms with Gasteiger partial charge in [0.05, 0.1) is 0 Å². The highest BCUT2D eigenvalue weighted by Crippen LogP contribution is 2.26. The molecule has 0 radical (unpaired) electrons. The highest BCUT2D eigenvalue weighted by Gasteiger charge is 2.11. The molecule has 2 rings (SSSR count). The van der Waals surface area contributed by atoms with E-state index in [1.54, 1.807) is 0 Å². The number of benzene rings is 1. The summed E-state index contributed by atoms with van der Waals surface area (Å²) < 4.78 is 2.48. The van der Waals surface area contributed by atoms with Crippen LogP contribution >= 0.6 is 0 Å². The summed E-state index contributed by atoms with van der Waals surface area (Å²) in [6, 6.07) is 9.08. The lowest BCUT2D eigenvalue weighted by molar-refractivity contribution is 0.383. The third-order valence-electron chi connectivity index (χ3n) is 3.45. The molecule has 1 aromatic heterocycles. The molecule has 0 saturated heterocycles. The van der Waals surface area contributed by atoms with Gasteiger partial charge >= 0.3 is 0 Å². The molecule has 0 spiro atoms. The van der Waals surface area contributed by atoms with Gasteiger partial charge in [-0.15, -0.1) is 0 Å². The highest BCUT2D eigenvalue weighted by molar-refractivity contribution is 5.82. The Morgan fingerprint density at radius 2 is 1.89 bits per heavy atom. The number of aromatic nitrogens is 1. The van der Waals surface area contributed by atoms with Gasteiger partial charge in [0.15, 0.2) is 0 Å². The van der Waals surface area contributed by atoms with Crippen molar-refractivity contribution >= 4 is 10.9 Å². The Morgan fingerprint density at radius 1 is 1.17 bits per heavy atom.